The molecule has 0 aliphatic rings. The van der Waals surface area contributed by atoms with Crippen molar-refractivity contribution >= 4 is 21.7 Å². The van der Waals surface area contributed by atoms with E-state index in [9.17, 15) is 9.59 Å². The van der Waals surface area contributed by atoms with Crippen molar-refractivity contribution in [2.24, 2.45) is 0 Å². The molecule has 31 heavy (non-hydrogen) atoms. The second kappa shape index (κ2) is 7.25. The zero-order valence-electron chi connectivity index (χ0n) is 17.1. The largest absolute Gasteiger partial charge is 0.497 e. The third kappa shape index (κ3) is 3.00. The number of aryl methyl sites for hydroxylation is 1. The van der Waals surface area contributed by atoms with Gasteiger partial charge in [-0.15, -0.1) is 0 Å². The number of rotatable bonds is 3. The number of hydrogen-bond donors (Lipinski definition) is 0. The third-order valence-electron chi connectivity index (χ3n) is 5.47. The molecule has 6 heteroatoms. The van der Waals surface area contributed by atoms with E-state index in [-0.39, 0.29) is 11.1 Å². The van der Waals surface area contributed by atoms with Gasteiger partial charge in [0.1, 0.15) is 5.75 Å². The second-order valence-corrected chi connectivity index (χ2v) is 7.26. The molecule has 0 N–H and O–H groups in total. The number of nitrogens with zero attached hydrogens (tertiary/aromatic N) is 3. The van der Waals surface area contributed by atoms with Gasteiger partial charge in [0.2, 0.25) is 0 Å². The number of ether oxygens (including phenoxy) is 1. The van der Waals surface area contributed by atoms with Crippen LogP contribution < -0.4 is 15.9 Å². The molecule has 0 radical (unpaired) electrons. The quantitative estimate of drug-likeness (QED) is 0.423. The van der Waals surface area contributed by atoms with Gasteiger partial charge in [-0.3, -0.25) is 23.7 Å². The van der Waals surface area contributed by atoms with Gasteiger partial charge in [-0.1, -0.05) is 18.2 Å². The first-order valence-corrected chi connectivity index (χ1v) is 9.85. The zero-order chi connectivity index (χ0) is 21.5. The summed E-state index contributed by atoms with van der Waals surface area (Å²) in [7, 11) is 1.60. The van der Waals surface area contributed by atoms with Crippen LogP contribution in [0.4, 0.5) is 0 Å². The molecular formula is C25H19N3O3. The SMILES string of the molecule is COc1ccc(-n2ccc3c(c(C)nc4ccn(-c5ccccc5)c(=O)c43)c2=O)cc1. The van der Waals surface area contributed by atoms with Crippen LogP contribution in [0, 0.1) is 6.92 Å². The Kier molecular flexibility index (Phi) is 4.40. The number of methoxy groups -OCH3 is 1. The Morgan fingerprint density at radius 1 is 0.742 bits per heavy atom. The summed E-state index contributed by atoms with van der Waals surface area (Å²) < 4.78 is 8.33. The van der Waals surface area contributed by atoms with E-state index in [1.165, 1.54) is 0 Å². The van der Waals surface area contributed by atoms with E-state index in [0.29, 0.717) is 38.8 Å². The minimum absolute atomic E-state index is 0.206. The van der Waals surface area contributed by atoms with E-state index in [2.05, 4.69) is 4.98 Å². The smallest absolute Gasteiger partial charge is 0.265 e. The molecule has 0 spiro atoms. The van der Waals surface area contributed by atoms with Gasteiger partial charge in [-0.25, -0.2) is 0 Å². The van der Waals surface area contributed by atoms with Crippen molar-refractivity contribution in [3.8, 4) is 17.1 Å². The predicted octanol–water partition coefficient (Wildman–Crippen LogP) is 4.01. The third-order valence-corrected chi connectivity index (χ3v) is 5.47. The molecule has 0 aliphatic carbocycles. The van der Waals surface area contributed by atoms with Crippen molar-refractivity contribution < 1.29 is 4.74 Å². The normalized spacial score (nSPS) is 11.2. The Morgan fingerprint density at radius 2 is 1.35 bits per heavy atom. The van der Waals surface area contributed by atoms with E-state index in [4.69, 9.17) is 4.74 Å². The van der Waals surface area contributed by atoms with Crippen LogP contribution in [0.1, 0.15) is 5.69 Å². The Morgan fingerprint density at radius 3 is 2.03 bits per heavy atom. The summed E-state index contributed by atoms with van der Waals surface area (Å²) in [5.74, 6) is 0.711. The van der Waals surface area contributed by atoms with Crippen molar-refractivity contribution in [1.29, 1.82) is 0 Å². The summed E-state index contributed by atoms with van der Waals surface area (Å²) in [4.78, 5) is 31.4. The lowest BCUT2D eigenvalue weighted by atomic mass is 10.1. The van der Waals surface area contributed by atoms with E-state index in [1.54, 1.807) is 47.7 Å². The molecule has 5 rings (SSSR count). The van der Waals surface area contributed by atoms with Crippen LogP contribution in [-0.2, 0) is 0 Å². The van der Waals surface area contributed by atoms with E-state index in [0.717, 1.165) is 5.69 Å². The van der Waals surface area contributed by atoms with Crippen LogP contribution in [0.2, 0.25) is 0 Å². The number of para-hydroxylation sites is 1. The molecule has 0 saturated heterocycles. The summed E-state index contributed by atoms with van der Waals surface area (Å²) in [6.45, 7) is 1.80. The molecular weight excluding hydrogens is 390 g/mol. The standard InChI is InChI=1S/C25H19N3O3/c1-16-22-20(12-14-27(24(22)29)18-8-10-19(31-2)11-9-18)23-21(26-16)13-15-28(25(23)30)17-6-4-3-5-7-17/h3-15H,1-2H3. The maximum Gasteiger partial charge on any atom is 0.265 e. The molecule has 0 atom stereocenters. The first-order valence-electron chi connectivity index (χ1n) is 9.85. The van der Waals surface area contributed by atoms with Crippen molar-refractivity contribution in [1.82, 2.24) is 14.1 Å². The van der Waals surface area contributed by atoms with Crippen LogP contribution in [0.3, 0.4) is 0 Å². The zero-order valence-corrected chi connectivity index (χ0v) is 17.1. The molecule has 0 bridgehead atoms. The van der Waals surface area contributed by atoms with Gasteiger partial charge >= 0.3 is 0 Å². The van der Waals surface area contributed by atoms with Crippen LogP contribution in [0.25, 0.3) is 33.1 Å². The number of hydrogen-bond acceptors (Lipinski definition) is 4. The van der Waals surface area contributed by atoms with Crippen molar-refractivity contribution in [2.45, 2.75) is 6.92 Å². The monoisotopic (exact) mass is 409 g/mol. The lowest BCUT2D eigenvalue weighted by molar-refractivity contribution is 0.414. The van der Waals surface area contributed by atoms with Gasteiger partial charge in [0.15, 0.2) is 0 Å². The highest BCUT2D eigenvalue weighted by atomic mass is 16.5. The van der Waals surface area contributed by atoms with E-state index < -0.39 is 0 Å². The van der Waals surface area contributed by atoms with Crippen LogP contribution in [0.15, 0.2) is 88.7 Å². The molecule has 0 unspecified atom stereocenters. The van der Waals surface area contributed by atoms with Gasteiger partial charge in [-0.05, 0) is 55.5 Å². The molecule has 3 aromatic heterocycles. The Balaban J connectivity index is 1.81. The van der Waals surface area contributed by atoms with E-state index in [1.807, 2.05) is 54.6 Å². The van der Waals surface area contributed by atoms with Gasteiger partial charge in [0.25, 0.3) is 11.1 Å². The van der Waals surface area contributed by atoms with Crippen LogP contribution >= 0.6 is 0 Å². The highest BCUT2D eigenvalue weighted by Gasteiger charge is 2.15. The fraction of sp³-hybridized carbons (Fsp3) is 0.0800. The first kappa shape index (κ1) is 18.8. The Bertz CT molecular complexity index is 1550. The summed E-state index contributed by atoms with van der Waals surface area (Å²) in [6.07, 6.45) is 3.42. The van der Waals surface area contributed by atoms with Crippen LogP contribution in [-0.4, -0.2) is 21.2 Å². The topological polar surface area (TPSA) is 66.1 Å². The highest BCUT2D eigenvalue weighted by Crippen LogP contribution is 2.23. The summed E-state index contributed by atoms with van der Waals surface area (Å²) in [6, 6.07) is 20.3. The minimum atomic E-state index is -0.218. The average molecular weight is 409 g/mol. The molecule has 0 fully saturated rings. The Hall–Kier alpha value is -4.19. The maximum atomic E-state index is 13.4. The average Bonchev–Trinajstić information content (AvgIpc) is 2.80. The fourth-order valence-electron chi connectivity index (χ4n) is 3.94. The van der Waals surface area contributed by atoms with Gasteiger partial charge in [0, 0.05) is 29.2 Å². The van der Waals surface area contributed by atoms with Crippen molar-refractivity contribution in [3.63, 3.8) is 0 Å². The summed E-state index contributed by atoms with van der Waals surface area (Å²) in [5, 5.41) is 1.48. The minimum Gasteiger partial charge on any atom is -0.497 e. The lowest BCUT2D eigenvalue weighted by Gasteiger charge is -2.12. The number of fused-ring (bicyclic) bond motifs is 3. The molecule has 152 valence electrons. The highest BCUT2D eigenvalue weighted by molar-refractivity contribution is 6.05. The van der Waals surface area contributed by atoms with Gasteiger partial charge < -0.3 is 4.74 Å². The van der Waals surface area contributed by atoms with Crippen molar-refractivity contribution in [2.75, 3.05) is 7.11 Å². The molecule has 0 saturated carbocycles. The molecule has 3 heterocycles. The molecule has 5 aromatic rings. The number of benzene rings is 2. The predicted molar refractivity (Wildman–Crippen MR) is 122 cm³/mol. The Labute approximate surface area is 177 Å². The number of pyridine rings is 3. The number of aromatic nitrogens is 3. The fourth-order valence-corrected chi connectivity index (χ4v) is 3.94. The van der Waals surface area contributed by atoms with Gasteiger partial charge in [0.05, 0.1) is 29.1 Å². The maximum absolute atomic E-state index is 13.4. The van der Waals surface area contributed by atoms with Gasteiger partial charge in [-0.2, -0.15) is 0 Å². The van der Waals surface area contributed by atoms with Crippen molar-refractivity contribution in [3.05, 3.63) is 106 Å². The lowest BCUT2D eigenvalue weighted by Crippen LogP contribution is -2.22. The molecule has 0 amide bonds. The first-order chi connectivity index (χ1) is 15.1. The van der Waals surface area contributed by atoms with Crippen LogP contribution in [0.5, 0.6) is 5.75 Å². The molecule has 6 nitrogen and oxygen atoms in total. The molecule has 2 aromatic carbocycles. The van der Waals surface area contributed by atoms with E-state index >= 15 is 0 Å². The molecule has 0 aliphatic heterocycles. The second-order valence-electron chi connectivity index (χ2n) is 7.26. The summed E-state index contributed by atoms with van der Waals surface area (Å²) >= 11 is 0. The summed E-state index contributed by atoms with van der Waals surface area (Å²) in [5.41, 5.74) is 2.21.